The minimum absolute atomic E-state index is 0.212. The lowest BCUT2D eigenvalue weighted by Gasteiger charge is -2.03. The molecule has 0 saturated carbocycles. The molecule has 4 nitrogen and oxygen atoms in total. The van der Waals surface area contributed by atoms with Crippen molar-refractivity contribution in [3.8, 4) is 0 Å². The standard InChI is InChI=1S/C9H11NO3/c1-6(9(12)13)5-7-3-2-4-10-8(7)11/h2-4,6H,5H2,1H3,(H,10,11)(H,12,13). The van der Waals surface area contributed by atoms with Crippen molar-refractivity contribution in [1.82, 2.24) is 4.98 Å². The zero-order valence-electron chi connectivity index (χ0n) is 7.28. The fourth-order valence-electron chi connectivity index (χ4n) is 1.03. The second kappa shape index (κ2) is 3.89. The Morgan fingerprint density at radius 1 is 1.69 bits per heavy atom. The minimum atomic E-state index is -0.886. The molecule has 0 aromatic carbocycles. The van der Waals surface area contributed by atoms with Crippen LogP contribution in [0.5, 0.6) is 0 Å². The Morgan fingerprint density at radius 3 is 2.92 bits per heavy atom. The molecule has 2 N–H and O–H groups in total. The third kappa shape index (κ3) is 2.43. The van der Waals surface area contributed by atoms with E-state index in [0.717, 1.165) is 0 Å². The van der Waals surface area contributed by atoms with Gasteiger partial charge in [0.25, 0.3) is 5.56 Å². The number of H-pyrrole nitrogens is 1. The SMILES string of the molecule is CC(Cc1ccc[nH]c1=O)C(=O)O. The number of pyridine rings is 1. The summed E-state index contributed by atoms with van der Waals surface area (Å²) in [5.74, 6) is -1.41. The molecule has 1 aromatic rings. The highest BCUT2D eigenvalue weighted by Crippen LogP contribution is 2.03. The minimum Gasteiger partial charge on any atom is -0.481 e. The van der Waals surface area contributed by atoms with E-state index in [9.17, 15) is 9.59 Å². The number of aromatic nitrogens is 1. The molecular weight excluding hydrogens is 170 g/mol. The molecule has 0 radical (unpaired) electrons. The zero-order valence-corrected chi connectivity index (χ0v) is 7.28. The molecule has 0 spiro atoms. The van der Waals surface area contributed by atoms with E-state index in [2.05, 4.69) is 4.98 Å². The van der Waals surface area contributed by atoms with Crippen LogP contribution in [0.4, 0.5) is 0 Å². The van der Waals surface area contributed by atoms with Crippen LogP contribution in [-0.4, -0.2) is 16.1 Å². The van der Waals surface area contributed by atoms with Crippen molar-refractivity contribution >= 4 is 5.97 Å². The van der Waals surface area contributed by atoms with Gasteiger partial charge < -0.3 is 10.1 Å². The van der Waals surface area contributed by atoms with E-state index in [4.69, 9.17) is 5.11 Å². The summed E-state index contributed by atoms with van der Waals surface area (Å²) in [6.07, 6.45) is 1.79. The second-order valence-electron chi connectivity index (χ2n) is 2.97. The van der Waals surface area contributed by atoms with Crippen LogP contribution in [-0.2, 0) is 11.2 Å². The van der Waals surface area contributed by atoms with Crippen LogP contribution in [0.2, 0.25) is 0 Å². The van der Waals surface area contributed by atoms with Gasteiger partial charge in [0.2, 0.25) is 0 Å². The molecule has 0 fully saturated rings. The summed E-state index contributed by atoms with van der Waals surface area (Å²) >= 11 is 0. The van der Waals surface area contributed by atoms with Crippen LogP contribution in [0.25, 0.3) is 0 Å². The van der Waals surface area contributed by atoms with Gasteiger partial charge in [-0.1, -0.05) is 13.0 Å². The molecule has 1 rings (SSSR count). The molecule has 1 heterocycles. The predicted molar refractivity (Wildman–Crippen MR) is 47.6 cm³/mol. The third-order valence-corrected chi connectivity index (χ3v) is 1.85. The Balaban J connectivity index is 2.81. The van der Waals surface area contributed by atoms with E-state index >= 15 is 0 Å². The Hall–Kier alpha value is -1.58. The number of carbonyl (C=O) groups is 1. The first kappa shape index (κ1) is 9.51. The molecule has 1 atom stereocenters. The number of carboxylic acids is 1. The van der Waals surface area contributed by atoms with Gasteiger partial charge in [0, 0.05) is 11.8 Å². The first-order valence-electron chi connectivity index (χ1n) is 4.00. The molecule has 13 heavy (non-hydrogen) atoms. The van der Waals surface area contributed by atoms with Gasteiger partial charge in [0.15, 0.2) is 0 Å². The maximum absolute atomic E-state index is 11.1. The number of aliphatic carboxylic acids is 1. The number of carboxylic acid groups (broad SMARTS) is 1. The van der Waals surface area contributed by atoms with Crippen molar-refractivity contribution < 1.29 is 9.90 Å². The summed E-state index contributed by atoms with van der Waals surface area (Å²) < 4.78 is 0. The van der Waals surface area contributed by atoms with Gasteiger partial charge in [-0.3, -0.25) is 9.59 Å². The van der Waals surface area contributed by atoms with E-state index < -0.39 is 11.9 Å². The van der Waals surface area contributed by atoms with E-state index in [0.29, 0.717) is 5.56 Å². The van der Waals surface area contributed by atoms with E-state index in [1.54, 1.807) is 19.1 Å². The van der Waals surface area contributed by atoms with Crippen molar-refractivity contribution in [2.75, 3.05) is 0 Å². The number of hydrogen-bond acceptors (Lipinski definition) is 2. The lowest BCUT2D eigenvalue weighted by molar-refractivity contribution is -0.141. The van der Waals surface area contributed by atoms with E-state index in [-0.39, 0.29) is 12.0 Å². The van der Waals surface area contributed by atoms with Crippen LogP contribution in [0, 0.1) is 5.92 Å². The summed E-state index contributed by atoms with van der Waals surface area (Å²) in [5, 5.41) is 8.62. The van der Waals surface area contributed by atoms with Crippen LogP contribution < -0.4 is 5.56 Å². The lowest BCUT2D eigenvalue weighted by atomic mass is 10.0. The number of aromatic amines is 1. The Morgan fingerprint density at radius 2 is 2.38 bits per heavy atom. The molecule has 4 heteroatoms. The van der Waals surface area contributed by atoms with E-state index in [1.807, 2.05) is 0 Å². The molecule has 1 unspecified atom stereocenters. The summed E-state index contributed by atoms with van der Waals surface area (Å²) in [4.78, 5) is 24.1. The van der Waals surface area contributed by atoms with Gasteiger partial charge in [-0.15, -0.1) is 0 Å². The maximum Gasteiger partial charge on any atom is 0.306 e. The number of hydrogen-bond donors (Lipinski definition) is 2. The van der Waals surface area contributed by atoms with Crippen LogP contribution >= 0.6 is 0 Å². The van der Waals surface area contributed by atoms with Crippen molar-refractivity contribution in [1.29, 1.82) is 0 Å². The average molecular weight is 181 g/mol. The fourth-order valence-corrected chi connectivity index (χ4v) is 1.03. The summed E-state index contributed by atoms with van der Waals surface area (Å²) in [6, 6.07) is 3.32. The van der Waals surface area contributed by atoms with Crippen molar-refractivity contribution in [2.45, 2.75) is 13.3 Å². The quantitative estimate of drug-likeness (QED) is 0.718. The molecule has 0 aliphatic rings. The van der Waals surface area contributed by atoms with E-state index in [1.165, 1.54) is 6.20 Å². The first-order valence-corrected chi connectivity index (χ1v) is 4.00. The smallest absolute Gasteiger partial charge is 0.306 e. The van der Waals surface area contributed by atoms with Crippen molar-refractivity contribution in [2.24, 2.45) is 5.92 Å². The monoisotopic (exact) mass is 181 g/mol. The fraction of sp³-hybridized carbons (Fsp3) is 0.333. The van der Waals surface area contributed by atoms with Gasteiger partial charge in [-0.25, -0.2) is 0 Å². The van der Waals surface area contributed by atoms with Gasteiger partial charge >= 0.3 is 5.97 Å². The summed E-state index contributed by atoms with van der Waals surface area (Å²) in [5.41, 5.74) is 0.299. The summed E-state index contributed by atoms with van der Waals surface area (Å²) in [7, 11) is 0. The van der Waals surface area contributed by atoms with Gasteiger partial charge in [-0.05, 0) is 12.5 Å². The maximum atomic E-state index is 11.1. The first-order chi connectivity index (χ1) is 6.11. The summed E-state index contributed by atoms with van der Waals surface area (Å²) in [6.45, 7) is 1.58. The highest BCUT2D eigenvalue weighted by atomic mass is 16.4. The van der Waals surface area contributed by atoms with Gasteiger partial charge in [-0.2, -0.15) is 0 Å². The number of nitrogens with one attached hydrogen (secondary N) is 1. The largest absolute Gasteiger partial charge is 0.481 e. The van der Waals surface area contributed by atoms with Crippen molar-refractivity contribution in [3.63, 3.8) is 0 Å². The highest BCUT2D eigenvalue weighted by molar-refractivity contribution is 5.69. The highest BCUT2D eigenvalue weighted by Gasteiger charge is 2.12. The molecular formula is C9H11NO3. The number of rotatable bonds is 3. The molecule has 0 aliphatic heterocycles. The predicted octanol–water partition coefficient (Wildman–Crippen LogP) is 0.638. The van der Waals surface area contributed by atoms with Gasteiger partial charge in [0.05, 0.1) is 5.92 Å². The normalized spacial score (nSPS) is 12.4. The van der Waals surface area contributed by atoms with Crippen LogP contribution in [0.15, 0.2) is 23.1 Å². The topological polar surface area (TPSA) is 70.2 Å². The Bertz CT molecular complexity index is 356. The molecule has 0 amide bonds. The molecule has 70 valence electrons. The molecule has 0 bridgehead atoms. The van der Waals surface area contributed by atoms with Crippen LogP contribution in [0.1, 0.15) is 12.5 Å². The molecule has 1 aromatic heterocycles. The van der Waals surface area contributed by atoms with Gasteiger partial charge in [0.1, 0.15) is 0 Å². The average Bonchev–Trinajstić information content (AvgIpc) is 2.08. The lowest BCUT2D eigenvalue weighted by Crippen LogP contribution is -2.18. The molecule has 0 saturated heterocycles. The zero-order chi connectivity index (χ0) is 9.84. The Kier molecular flexibility index (Phi) is 2.84. The van der Waals surface area contributed by atoms with Crippen LogP contribution in [0.3, 0.4) is 0 Å². The second-order valence-corrected chi connectivity index (χ2v) is 2.97. The third-order valence-electron chi connectivity index (χ3n) is 1.85. The van der Waals surface area contributed by atoms with Crippen molar-refractivity contribution in [3.05, 3.63) is 34.2 Å². The Labute approximate surface area is 75.2 Å². The molecule has 0 aliphatic carbocycles.